The van der Waals surface area contributed by atoms with Gasteiger partial charge in [-0.2, -0.15) is 23.3 Å². The Morgan fingerprint density at radius 1 is 1.15 bits per heavy atom. The Kier molecular flexibility index (Phi) is 4.06. The minimum atomic E-state index is -4.53. The average Bonchev–Trinajstić information content (AvgIpc) is 3.18. The molecule has 3 aromatic rings. The lowest BCUT2D eigenvalue weighted by atomic mass is 10.2. The minimum Gasteiger partial charge on any atom is -0.299 e. The number of hydrogen-bond acceptors (Lipinski definition) is 5. The molecule has 0 amide bonds. The Morgan fingerprint density at radius 2 is 1.93 bits per heavy atom. The molecule has 3 heterocycles. The lowest BCUT2D eigenvalue weighted by Crippen LogP contribution is -2.44. The van der Waals surface area contributed by atoms with Crippen molar-refractivity contribution in [3.63, 3.8) is 0 Å². The van der Waals surface area contributed by atoms with Crippen LogP contribution in [-0.4, -0.2) is 45.0 Å². The van der Waals surface area contributed by atoms with Crippen LogP contribution in [0.5, 0.6) is 0 Å². The molecule has 1 unspecified atom stereocenters. The van der Waals surface area contributed by atoms with Gasteiger partial charge in [0.1, 0.15) is 11.3 Å². The summed E-state index contributed by atoms with van der Waals surface area (Å²) in [4.78, 5) is 7.94. The van der Waals surface area contributed by atoms with Crippen molar-refractivity contribution in [1.29, 1.82) is 0 Å². The zero-order chi connectivity index (χ0) is 19.2. The maximum Gasteiger partial charge on any atom is 0.425 e. The smallest absolute Gasteiger partial charge is 0.299 e. The van der Waals surface area contributed by atoms with Crippen molar-refractivity contribution >= 4 is 16.9 Å². The van der Waals surface area contributed by atoms with E-state index in [1.54, 1.807) is 30.3 Å². The van der Waals surface area contributed by atoms with Crippen LogP contribution in [0.4, 0.5) is 17.6 Å². The van der Waals surface area contributed by atoms with E-state index in [2.05, 4.69) is 20.5 Å². The minimum absolute atomic E-state index is 0.0317. The molecule has 0 radical (unpaired) electrons. The number of halogens is 4. The number of nitrogens with zero attached hydrogens (tertiary/aromatic N) is 5. The number of pyridine rings is 1. The van der Waals surface area contributed by atoms with E-state index in [0.29, 0.717) is 16.6 Å². The van der Waals surface area contributed by atoms with Crippen molar-refractivity contribution in [3.05, 3.63) is 59.7 Å². The van der Waals surface area contributed by atoms with Gasteiger partial charge >= 0.3 is 6.18 Å². The van der Waals surface area contributed by atoms with E-state index in [-0.39, 0.29) is 23.9 Å². The van der Waals surface area contributed by atoms with E-state index in [1.807, 2.05) is 0 Å². The molecule has 27 heavy (non-hydrogen) atoms. The fraction of sp³-hybridized carbons (Fsp3) is 0.235. The Balaban J connectivity index is 1.78. The second-order valence-electron chi connectivity index (χ2n) is 6.08. The molecule has 0 bridgehead atoms. The SMILES string of the molecule is CN1NC(c2nn(Cc3ccccc3F)c3cccnc23)=NC1C(F)(F)F. The van der Waals surface area contributed by atoms with E-state index in [1.165, 1.54) is 24.0 Å². The van der Waals surface area contributed by atoms with E-state index in [0.717, 1.165) is 5.01 Å². The van der Waals surface area contributed by atoms with Gasteiger partial charge < -0.3 is 0 Å². The summed E-state index contributed by atoms with van der Waals surface area (Å²) in [6.07, 6.45) is -5.02. The summed E-state index contributed by atoms with van der Waals surface area (Å²) < 4.78 is 54.7. The Bertz CT molecular complexity index is 1030. The highest BCUT2D eigenvalue weighted by molar-refractivity contribution is 6.06. The number of hydrogen-bond donors (Lipinski definition) is 1. The summed E-state index contributed by atoms with van der Waals surface area (Å²) in [7, 11) is 1.25. The molecule has 1 aromatic carbocycles. The van der Waals surface area contributed by atoms with Gasteiger partial charge in [-0.25, -0.2) is 9.38 Å². The van der Waals surface area contributed by atoms with Gasteiger partial charge in [0.2, 0.25) is 6.17 Å². The fourth-order valence-electron chi connectivity index (χ4n) is 2.95. The predicted octanol–water partition coefficient (Wildman–Crippen LogP) is 2.70. The molecule has 4 rings (SSSR count). The molecule has 6 nitrogen and oxygen atoms in total. The number of alkyl halides is 3. The molecule has 1 atom stereocenters. The summed E-state index contributed by atoms with van der Waals surface area (Å²) in [5, 5.41) is 5.22. The monoisotopic (exact) mass is 378 g/mol. The number of aliphatic imine (C=N–C) groups is 1. The molecule has 0 spiro atoms. The van der Waals surface area contributed by atoms with Crippen LogP contribution in [0.25, 0.3) is 11.0 Å². The van der Waals surface area contributed by atoms with E-state index < -0.39 is 12.3 Å². The van der Waals surface area contributed by atoms with Gasteiger partial charge in [-0.15, -0.1) is 0 Å². The molecule has 140 valence electrons. The van der Waals surface area contributed by atoms with Gasteiger partial charge in [-0.1, -0.05) is 18.2 Å². The highest BCUT2D eigenvalue weighted by atomic mass is 19.4. The van der Waals surface area contributed by atoms with Crippen molar-refractivity contribution in [2.24, 2.45) is 4.99 Å². The first-order chi connectivity index (χ1) is 12.8. The summed E-state index contributed by atoms with van der Waals surface area (Å²) >= 11 is 0. The van der Waals surface area contributed by atoms with Gasteiger partial charge in [0.05, 0.1) is 12.1 Å². The van der Waals surface area contributed by atoms with Crippen LogP contribution < -0.4 is 5.43 Å². The molecule has 0 fully saturated rings. The maximum absolute atomic E-state index is 14.0. The second kappa shape index (κ2) is 6.31. The molecule has 2 aromatic heterocycles. The maximum atomic E-state index is 14.0. The van der Waals surface area contributed by atoms with Gasteiger partial charge in [0.25, 0.3) is 0 Å². The highest BCUT2D eigenvalue weighted by Crippen LogP contribution is 2.28. The number of rotatable bonds is 3. The Hall–Kier alpha value is -3.01. The van der Waals surface area contributed by atoms with Gasteiger partial charge in [0, 0.05) is 18.8 Å². The third-order valence-corrected chi connectivity index (χ3v) is 4.21. The van der Waals surface area contributed by atoms with Crippen LogP contribution in [0.3, 0.4) is 0 Å². The molecular weight excluding hydrogens is 364 g/mol. The van der Waals surface area contributed by atoms with Gasteiger partial charge in [-0.05, 0) is 18.2 Å². The number of fused-ring (bicyclic) bond motifs is 1. The molecule has 10 heteroatoms. The number of hydrazine groups is 1. The number of aromatic nitrogens is 3. The number of benzene rings is 1. The molecular formula is C17H14F4N6. The molecule has 0 saturated heterocycles. The standard InChI is InChI=1S/C17H14F4N6/c1-26-16(17(19,20)21)23-15(25-26)14-13-12(7-4-8-22-13)27(24-14)9-10-5-2-3-6-11(10)18/h2-8,16H,9H2,1H3,(H,23,25). The third kappa shape index (κ3) is 3.12. The fourth-order valence-corrected chi connectivity index (χ4v) is 2.95. The molecule has 1 aliphatic rings. The second-order valence-corrected chi connectivity index (χ2v) is 6.08. The van der Waals surface area contributed by atoms with Crippen LogP contribution in [0.2, 0.25) is 0 Å². The number of nitrogens with one attached hydrogen (secondary N) is 1. The molecule has 0 aliphatic carbocycles. The summed E-state index contributed by atoms with van der Waals surface area (Å²) in [6, 6.07) is 9.65. The molecule has 1 N–H and O–H groups in total. The normalized spacial score (nSPS) is 18.0. The van der Waals surface area contributed by atoms with Crippen molar-refractivity contribution in [3.8, 4) is 0 Å². The average molecular weight is 378 g/mol. The third-order valence-electron chi connectivity index (χ3n) is 4.21. The zero-order valence-corrected chi connectivity index (χ0v) is 14.1. The van der Waals surface area contributed by atoms with Crippen molar-refractivity contribution in [2.45, 2.75) is 18.9 Å². The lowest BCUT2D eigenvalue weighted by molar-refractivity contribution is -0.177. The van der Waals surface area contributed by atoms with Crippen LogP contribution in [0.1, 0.15) is 11.3 Å². The van der Waals surface area contributed by atoms with Crippen LogP contribution in [-0.2, 0) is 6.54 Å². The lowest BCUT2D eigenvalue weighted by Gasteiger charge is -2.19. The van der Waals surface area contributed by atoms with Gasteiger partial charge in [0.15, 0.2) is 11.5 Å². The summed E-state index contributed by atoms with van der Waals surface area (Å²) in [5.41, 5.74) is 4.12. The van der Waals surface area contributed by atoms with Crippen LogP contribution in [0, 0.1) is 5.82 Å². The predicted molar refractivity (Wildman–Crippen MR) is 90.3 cm³/mol. The first kappa shape index (κ1) is 17.4. The first-order valence-electron chi connectivity index (χ1n) is 8.04. The van der Waals surface area contributed by atoms with Crippen molar-refractivity contribution < 1.29 is 17.6 Å². The van der Waals surface area contributed by atoms with E-state index in [9.17, 15) is 17.6 Å². The largest absolute Gasteiger partial charge is 0.425 e. The van der Waals surface area contributed by atoms with E-state index in [4.69, 9.17) is 0 Å². The topological polar surface area (TPSA) is 58.3 Å². The molecule has 0 saturated carbocycles. The zero-order valence-electron chi connectivity index (χ0n) is 14.1. The number of amidine groups is 1. The van der Waals surface area contributed by atoms with Crippen molar-refractivity contribution in [1.82, 2.24) is 25.2 Å². The van der Waals surface area contributed by atoms with Crippen LogP contribution in [0.15, 0.2) is 47.6 Å². The molecule has 1 aliphatic heterocycles. The summed E-state index contributed by atoms with van der Waals surface area (Å²) in [6.45, 7) is 0.112. The first-order valence-corrected chi connectivity index (χ1v) is 8.04. The summed E-state index contributed by atoms with van der Waals surface area (Å²) in [5.74, 6) is -0.421. The van der Waals surface area contributed by atoms with E-state index >= 15 is 0 Å². The quantitative estimate of drug-likeness (QED) is 0.712. The highest BCUT2D eigenvalue weighted by Gasteiger charge is 2.46. The van der Waals surface area contributed by atoms with Gasteiger partial charge in [-0.3, -0.25) is 15.1 Å². The Labute approximate surface area is 151 Å². The van der Waals surface area contributed by atoms with Crippen LogP contribution >= 0.6 is 0 Å². The van der Waals surface area contributed by atoms with Crippen molar-refractivity contribution in [2.75, 3.05) is 7.05 Å². The Morgan fingerprint density at radius 3 is 2.63 bits per heavy atom.